The highest BCUT2D eigenvalue weighted by atomic mass is 16.5. The van der Waals surface area contributed by atoms with Crippen LogP contribution in [0.5, 0.6) is 5.75 Å². The first-order valence-corrected chi connectivity index (χ1v) is 10.9. The highest BCUT2D eigenvalue weighted by molar-refractivity contribution is 5.71. The molecule has 1 saturated heterocycles. The Bertz CT molecular complexity index is 1090. The molecule has 1 fully saturated rings. The van der Waals surface area contributed by atoms with Gasteiger partial charge in [-0.1, -0.05) is 6.07 Å². The normalized spacial score (nSPS) is 15.1. The Kier molecular flexibility index (Phi) is 7.47. The van der Waals surface area contributed by atoms with Gasteiger partial charge in [-0.25, -0.2) is 9.97 Å². The van der Waals surface area contributed by atoms with Crippen molar-refractivity contribution in [2.45, 2.75) is 19.5 Å². The van der Waals surface area contributed by atoms with E-state index < -0.39 is 0 Å². The molecule has 33 heavy (non-hydrogen) atoms. The standard InChI is InChI=1S/C23H28N8O2/c1-16(15-31-5-7-33-8-6-31)25-12-17-3-4-19(21(9-17)32-2)20-10-22(30-29-20)28-23-14-26-18(11-24)13-27-23/h3-4,9-10,13-14,16,25H,5-8,12,15H2,1-2H3,(H2,27,28,29,30). The number of aromatic nitrogens is 4. The smallest absolute Gasteiger partial charge is 0.158 e. The van der Waals surface area contributed by atoms with E-state index in [0.29, 0.717) is 17.7 Å². The van der Waals surface area contributed by atoms with Crippen LogP contribution in [0.2, 0.25) is 0 Å². The van der Waals surface area contributed by atoms with Crippen LogP contribution in [0.3, 0.4) is 0 Å². The van der Waals surface area contributed by atoms with Crippen molar-refractivity contribution in [3.63, 3.8) is 0 Å². The van der Waals surface area contributed by atoms with Crippen LogP contribution in [-0.2, 0) is 11.3 Å². The van der Waals surface area contributed by atoms with E-state index in [2.05, 4.69) is 48.7 Å². The highest BCUT2D eigenvalue weighted by Gasteiger charge is 2.14. The third-order valence-corrected chi connectivity index (χ3v) is 5.45. The first-order valence-electron chi connectivity index (χ1n) is 10.9. The molecule has 0 amide bonds. The Hall–Kier alpha value is -3.52. The largest absolute Gasteiger partial charge is 0.496 e. The molecule has 0 radical (unpaired) electrons. The number of nitriles is 1. The number of morpholine rings is 1. The topological polar surface area (TPSA) is 124 Å². The van der Waals surface area contributed by atoms with Crippen molar-refractivity contribution in [3.05, 3.63) is 47.9 Å². The first kappa shape index (κ1) is 22.7. The Labute approximate surface area is 193 Å². The number of hydrogen-bond donors (Lipinski definition) is 3. The summed E-state index contributed by atoms with van der Waals surface area (Å²) in [5.41, 5.74) is 3.14. The molecular formula is C23H28N8O2. The molecule has 3 N–H and O–H groups in total. The average molecular weight is 449 g/mol. The lowest BCUT2D eigenvalue weighted by Gasteiger charge is -2.29. The summed E-state index contributed by atoms with van der Waals surface area (Å²) in [6.07, 6.45) is 2.91. The van der Waals surface area contributed by atoms with Crippen LogP contribution in [-0.4, -0.2) is 71.1 Å². The molecule has 4 rings (SSSR count). The molecule has 1 unspecified atom stereocenters. The minimum Gasteiger partial charge on any atom is -0.496 e. The Balaban J connectivity index is 1.37. The minimum absolute atomic E-state index is 0.262. The van der Waals surface area contributed by atoms with E-state index in [0.717, 1.165) is 62.0 Å². The SMILES string of the molecule is COc1cc(CNC(C)CN2CCOCC2)ccc1-c1cc(Nc2cnc(C#N)cn2)n[nH]1. The van der Waals surface area contributed by atoms with Gasteiger partial charge in [0.1, 0.15) is 17.6 Å². The highest BCUT2D eigenvalue weighted by Crippen LogP contribution is 2.31. The fourth-order valence-electron chi connectivity index (χ4n) is 3.70. The van der Waals surface area contributed by atoms with Gasteiger partial charge in [0.2, 0.25) is 0 Å². The number of ether oxygens (including phenoxy) is 2. The fourth-order valence-corrected chi connectivity index (χ4v) is 3.70. The predicted molar refractivity (Wildman–Crippen MR) is 124 cm³/mol. The number of hydrogen-bond acceptors (Lipinski definition) is 9. The summed E-state index contributed by atoms with van der Waals surface area (Å²) in [5, 5.41) is 22.8. The Morgan fingerprint density at radius 1 is 1.21 bits per heavy atom. The Morgan fingerprint density at radius 3 is 2.79 bits per heavy atom. The molecule has 0 saturated carbocycles. The molecule has 172 valence electrons. The van der Waals surface area contributed by atoms with E-state index >= 15 is 0 Å². The molecule has 10 nitrogen and oxygen atoms in total. The van der Waals surface area contributed by atoms with Gasteiger partial charge in [0.25, 0.3) is 0 Å². The molecule has 0 aliphatic carbocycles. The van der Waals surface area contributed by atoms with Gasteiger partial charge in [-0.3, -0.25) is 10.00 Å². The van der Waals surface area contributed by atoms with Crippen LogP contribution < -0.4 is 15.4 Å². The van der Waals surface area contributed by atoms with Gasteiger partial charge in [-0.15, -0.1) is 0 Å². The number of methoxy groups -OCH3 is 1. The fraction of sp³-hybridized carbons (Fsp3) is 0.391. The monoisotopic (exact) mass is 448 g/mol. The van der Waals surface area contributed by atoms with Crippen molar-refractivity contribution in [2.24, 2.45) is 0 Å². The molecule has 0 spiro atoms. The summed E-state index contributed by atoms with van der Waals surface area (Å²) in [4.78, 5) is 10.6. The second-order valence-electron chi connectivity index (χ2n) is 7.92. The molecule has 3 aromatic rings. The van der Waals surface area contributed by atoms with Gasteiger partial charge in [0.15, 0.2) is 11.5 Å². The molecule has 1 aromatic carbocycles. The maximum atomic E-state index is 8.83. The maximum absolute atomic E-state index is 8.83. The Morgan fingerprint density at radius 2 is 2.06 bits per heavy atom. The summed E-state index contributed by atoms with van der Waals surface area (Å²) in [7, 11) is 1.67. The number of benzene rings is 1. The lowest BCUT2D eigenvalue weighted by Crippen LogP contribution is -2.44. The quantitative estimate of drug-likeness (QED) is 0.452. The second-order valence-corrected chi connectivity index (χ2v) is 7.92. The molecule has 0 bridgehead atoms. The molecular weight excluding hydrogens is 420 g/mol. The third-order valence-electron chi connectivity index (χ3n) is 5.45. The molecule has 1 aliphatic rings. The molecule has 10 heteroatoms. The summed E-state index contributed by atoms with van der Waals surface area (Å²) in [6.45, 7) is 7.59. The van der Waals surface area contributed by atoms with Gasteiger partial charge >= 0.3 is 0 Å². The minimum atomic E-state index is 0.262. The van der Waals surface area contributed by atoms with E-state index in [1.165, 1.54) is 12.4 Å². The van der Waals surface area contributed by atoms with Crippen LogP contribution in [0, 0.1) is 11.3 Å². The van der Waals surface area contributed by atoms with E-state index in [1.54, 1.807) is 7.11 Å². The van der Waals surface area contributed by atoms with E-state index in [4.69, 9.17) is 14.7 Å². The first-order chi connectivity index (χ1) is 16.1. The van der Waals surface area contributed by atoms with Crippen LogP contribution in [0.15, 0.2) is 36.7 Å². The number of nitrogens with one attached hydrogen (secondary N) is 3. The second kappa shape index (κ2) is 10.9. The van der Waals surface area contributed by atoms with Crippen molar-refractivity contribution in [2.75, 3.05) is 45.3 Å². The van der Waals surface area contributed by atoms with E-state index in [9.17, 15) is 0 Å². The summed E-state index contributed by atoms with van der Waals surface area (Å²) in [5.74, 6) is 1.86. The van der Waals surface area contributed by atoms with Crippen LogP contribution in [0.4, 0.5) is 11.6 Å². The summed E-state index contributed by atoms with van der Waals surface area (Å²) >= 11 is 0. The van der Waals surface area contributed by atoms with Crippen LogP contribution in [0.25, 0.3) is 11.3 Å². The molecule has 2 aromatic heterocycles. The number of rotatable bonds is 9. The zero-order valence-electron chi connectivity index (χ0n) is 18.8. The number of nitrogens with zero attached hydrogens (tertiary/aromatic N) is 5. The van der Waals surface area contributed by atoms with Crippen molar-refractivity contribution in [1.29, 1.82) is 5.26 Å². The van der Waals surface area contributed by atoms with E-state index in [1.807, 2.05) is 24.3 Å². The van der Waals surface area contributed by atoms with Crippen LogP contribution in [0.1, 0.15) is 18.2 Å². The molecule has 3 heterocycles. The maximum Gasteiger partial charge on any atom is 0.158 e. The zero-order valence-corrected chi connectivity index (χ0v) is 18.8. The lowest BCUT2D eigenvalue weighted by molar-refractivity contribution is 0.0343. The molecule has 1 atom stereocenters. The average Bonchev–Trinajstić information content (AvgIpc) is 3.32. The van der Waals surface area contributed by atoms with Crippen molar-refractivity contribution in [3.8, 4) is 23.1 Å². The van der Waals surface area contributed by atoms with Gasteiger partial charge in [-0.05, 0) is 24.6 Å². The predicted octanol–water partition coefficient (Wildman–Crippen LogP) is 2.30. The summed E-state index contributed by atoms with van der Waals surface area (Å²) in [6, 6.07) is 10.4. The lowest BCUT2D eigenvalue weighted by atomic mass is 10.1. The van der Waals surface area contributed by atoms with Crippen molar-refractivity contribution >= 4 is 11.6 Å². The zero-order chi connectivity index (χ0) is 23.0. The molecule has 1 aliphatic heterocycles. The summed E-state index contributed by atoms with van der Waals surface area (Å²) < 4.78 is 11.1. The van der Waals surface area contributed by atoms with Gasteiger partial charge < -0.3 is 20.1 Å². The van der Waals surface area contributed by atoms with Gasteiger partial charge in [0.05, 0.1) is 38.4 Å². The van der Waals surface area contributed by atoms with Crippen molar-refractivity contribution in [1.82, 2.24) is 30.4 Å². The third kappa shape index (κ3) is 6.04. The van der Waals surface area contributed by atoms with E-state index in [-0.39, 0.29) is 5.69 Å². The van der Waals surface area contributed by atoms with Crippen LogP contribution >= 0.6 is 0 Å². The number of anilines is 2. The van der Waals surface area contributed by atoms with Crippen molar-refractivity contribution < 1.29 is 9.47 Å². The van der Waals surface area contributed by atoms with Gasteiger partial charge in [0, 0.05) is 43.9 Å². The van der Waals surface area contributed by atoms with Gasteiger partial charge in [-0.2, -0.15) is 10.4 Å². The number of aromatic amines is 1. The number of H-pyrrole nitrogens is 1.